The molecule has 3 rings (SSSR count). The Hall–Kier alpha value is -1.35. The molecule has 1 aliphatic heterocycles. The molecule has 0 bridgehead atoms. The highest BCUT2D eigenvalue weighted by molar-refractivity contribution is 5.86. The van der Waals surface area contributed by atoms with Crippen LogP contribution < -0.4 is 0 Å². The minimum atomic E-state index is 0.617. The van der Waals surface area contributed by atoms with Crippen molar-refractivity contribution in [3.63, 3.8) is 0 Å². The molecule has 3 nitrogen and oxygen atoms in total. The van der Waals surface area contributed by atoms with E-state index in [2.05, 4.69) is 41.8 Å². The van der Waals surface area contributed by atoms with Crippen molar-refractivity contribution in [2.75, 3.05) is 7.05 Å². The summed E-state index contributed by atoms with van der Waals surface area (Å²) in [6.45, 7) is 5.40. The lowest BCUT2D eigenvalue weighted by Crippen LogP contribution is -2.34. The summed E-state index contributed by atoms with van der Waals surface area (Å²) in [4.78, 5) is 10.3. The predicted octanol–water partition coefficient (Wildman–Crippen LogP) is 2.25. The Balaban J connectivity index is 2.26. The van der Waals surface area contributed by atoms with Crippen molar-refractivity contribution in [3.05, 3.63) is 29.2 Å². The van der Waals surface area contributed by atoms with E-state index in [4.69, 9.17) is 0 Å². The summed E-state index contributed by atoms with van der Waals surface area (Å²) in [5.41, 5.74) is 5.23. The largest absolute Gasteiger partial charge is 0.357 e. The lowest BCUT2D eigenvalue weighted by molar-refractivity contribution is 0.229. The minimum absolute atomic E-state index is 0.617. The molecule has 0 saturated carbocycles. The van der Waals surface area contributed by atoms with Crippen LogP contribution >= 0.6 is 0 Å². The first-order chi connectivity index (χ1) is 7.66. The number of aromatic nitrogens is 2. The Labute approximate surface area is 95.5 Å². The molecule has 0 fully saturated rings. The van der Waals surface area contributed by atoms with Crippen LogP contribution in [-0.2, 0) is 13.0 Å². The Morgan fingerprint density at radius 1 is 1.50 bits per heavy atom. The molecule has 0 amide bonds. The van der Waals surface area contributed by atoms with Crippen LogP contribution in [0.1, 0.15) is 23.9 Å². The van der Waals surface area contributed by atoms with Crippen LogP contribution in [-0.4, -0.2) is 28.0 Å². The minimum Gasteiger partial charge on any atom is -0.357 e. The number of hydrogen-bond donors (Lipinski definition) is 1. The van der Waals surface area contributed by atoms with Crippen LogP contribution in [0, 0.1) is 6.92 Å². The molecule has 0 aromatic carbocycles. The van der Waals surface area contributed by atoms with E-state index < -0.39 is 0 Å². The molecule has 0 saturated heterocycles. The van der Waals surface area contributed by atoms with Crippen LogP contribution in [0.15, 0.2) is 12.3 Å². The third-order valence-corrected chi connectivity index (χ3v) is 3.75. The molecular weight excluding hydrogens is 198 g/mol. The summed E-state index contributed by atoms with van der Waals surface area (Å²) in [5, 5.41) is 1.34. The van der Waals surface area contributed by atoms with Crippen molar-refractivity contribution >= 4 is 10.9 Å². The van der Waals surface area contributed by atoms with Crippen molar-refractivity contribution < 1.29 is 0 Å². The zero-order valence-electron chi connectivity index (χ0n) is 10.0. The fraction of sp³-hybridized carbons (Fsp3) is 0.462. The molecule has 16 heavy (non-hydrogen) atoms. The van der Waals surface area contributed by atoms with Gasteiger partial charge in [-0.3, -0.25) is 9.88 Å². The van der Waals surface area contributed by atoms with Gasteiger partial charge in [0.05, 0.1) is 0 Å². The first kappa shape index (κ1) is 9.85. The Morgan fingerprint density at radius 3 is 3.12 bits per heavy atom. The van der Waals surface area contributed by atoms with E-state index in [1.807, 2.05) is 6.20 Å². The zero-order valence-corrected chi connectivity index (χ0v) is 10.0. The van der Waals surface area contributed by atoms with Crippen molar-refractivity contribution in [3.8, 4) is 0 Å². The maximum atomic E-state index is 4.40. The number of aromatic amines is 1. The molecule has 1 aliphatic rings. The quantitative estimate of drug-likeness (QED) is 0.731. The molecule has 84 valence electrons. The van der Waals surface area contributed by atoms with E-state index in [-0.39, 0.29) is 0 Å². The number of fused-ring (bicyclic) bond motifs is 3. The second-order valence-electron chi connectivity index (χ2n) is 4.87. The lowest BCUT2D eigenvalue weighted by atomic mass is 9.98. The number of H-pyrrole nitrogens is 1. The molecule has 0 unspecified atom stereocenters. The monoisotopic (exact) mass is 215 g/mol. The second-order valence-corrected chi connectivity index (χ2v) is 4.87. The second kappa shape index (κ2) is 3.32. The van der Waals surface area contributed by atoms with E-state index in [1.54, 1.807) is 0 Å². The summed E-state index contributed by atoms with van der Waals surface area (Å²) in [6.07, 6.45) is 3.01. The SMILES string of the molecule is Cc1nccc2[nH]c3c(c12)C[C@H](C)N(C)C3. The third kappa shape index (κ3) is 1.28. The van der Waals surface area contributed by atoms with E-state index in [0.29, 0.717) is 6.04 Å². The van der Waals surface area contributed by atoms with E-state index in [0.717, 1.165) is 18.7 Å². The van der Waals surface area contributed by atoms with Gasteiger partial charge in [0.2, 0.25) is 0 Å². The maximum Gasteiger partial charge on any atom is 0.0493 e. The highest BCUT2D eigenvalue weighted by Gasteiger charge is 2.24. The van der Waals surface area contributed by atoms with Crippen molar-refractivity contribution in [1.82, 2.24) is 14.9 Å². The molecule has 2 aromatic heterocycles. The molecule has 1 N–H and O–H groups in total. The maximum absolute atomic E-state index is 4.40. The number of nitrogens with zero attached hydrogens (tertiary/aromatic N) is 2. The normalized spacial score (nSPS) is 21.3. The van der Waals surface area contributed by atoms with Gasteiger partial charge in [-0.25, -0.2) is 0 Å². The highest BCUT2D eigenvalue weighted by Crippen LogP contribution is 2.30. The van der Waals surface area contributed by atoms with Crippen molar-refractivity contribution in [2.24, 2.45) is 0 Å². The Kier molecular flexibility index (Phi) is 2.04. The molecule has 0 spiro atoms. The highest BCUT2D eigenvalue weighted by atomic mass is 15.1. The first-order valence-corrected chi connectivity index (χ1v) is 5.82. The molecule has 0 aliphatic carbocycles. The predicted molar refractivity (Wildman–Crippen MR) is 65.5 cm³/mol. The molecule has 3 heteroatoms. The van der Waals surface area contributed by atoms with E-state index >= 15 is 0 Å². The number of likely N-dealkylation sites (N-methyl/N-ethyl adjacent to an activating group) is 1. The Bertz CT molecular complexity index is 541. The van der Waals surface area contributed by atoms with Crippen LogP contribution in [0.2, 0.25) is 0 Å². The molecule has 1 atom stereocenters. The van der Waals surface area contributed by atoms with Gasteiger partial charge in [-0.05, 0) is 38.9 Å². The fourth-order valence-corrected chi connectivity index (χ4v) is 2.66. The van der Waals surface area contributed by atoms with Gasteiger partial charge in [0.25, 0.3) is 0 Å². The van der Waals surface area contributed by atoms with Crippen molar-refractivity contribution in [2.45, 2.75) is 32.9 Å². The molecule has 0 radical (unpaired) electrons. The van der Waals surface area contributed by atoms with Gasteiger partial charge in [-0.1, -0.05) is 0 Å². The van der Waals surface area contributed by atoms with Gasteiger partial charge in [0.15, 0.2) is 0 Å². The number of aryl methyl sites for hydroxylation is 1. The van der Waals surface area contributed by atoms with Gasteiger partial charge >= 0.3 is 0 Å². The van der Waals surface area contributed by atoms with Gasteiger partial charge in [-0.15, -0.1) is 0 Å². The topological polar surface area (TPSA) is 31.9 Å². The van der Waals surface area contributed by atoms with Crippen molar-refractivity contribution in [1.29, 1.82) is 0 Å². The zero-order chi connectivity index (χ0) is 11.3. The van der Waals surface area contributed by atoms with Crippen LogP contribution in [0.25, 0.3) is 10.9 Å². The number of pyridine rings is 1. The summed E-state index contributed by atoms with van der Waals surface area (Å²) in [6, 6.07) is 2.69. The summed E-state index contributed by atoms with van der Waals surface area (Å²) in [7, 11) is 2.18. The lowest BCUT2D eigenvalue weighted by Gasteiger charge is -2.29. The van der Waals surface area contributed by atoms with Gasteiger partial charge in [0.1, 0.15) is 0 Å². The fourth-order valence-electron chi connectivity index (χ4n) is 2.66. The number of hydrogen-bond acceptors (Lipinski definition) is 2. The van der Waals surface area contributed by atoms with Gasteiger partial charge in [0, 0.05) is 41.1 Å². The smallest absolute Gasteiger partial charge is 0.0493 e. The van der Waals surface area contributed by atoms with E-state index in [1.165, 1.54) is 22.2 Å². The van der Waals surface area contributed by atoms with Crippen LogP contribution in [0.3, 0.4) is 0 Å². The summed E-state index contributed by atoms with van der Waals surface area (Å²) >= 11 is 0. The van der Waals surface area contributed by atoms with E-state index in [9.17, 15) is 0 Å². The third-order valence-electron chi connectivity index (χ3n) is 3.75. The first-order valence-electron chi connectivity index (χ1n) is 5.82. The van der Waals surface area contributed by atoms with Crippen LogP contribution in [0.5, 0.6) is 0 Å². The average molecular weight is 215 g/mol. The summed E-state index contributed by atoms with van der Waals surface area (Å²) < 4.78 is 0. The van der Waals surface area contributed by atoms with Crippen LogP contribution in [0.4, 0.5) is 0 Å². The number of nitrogens with one attached hydrogen (secondary N) is 1. The molecular formula is C13H17N3. The Morgan fingerprint density at radius 2 is 2.31 bits per heavy atom. The molecule has 2 aromatic rings. The standard InChI is InChI=1S/C13H17N3/c1-8-6-10-12(7-16(8)3)15-11-4-5-14-9(2)13(10)11/h4-5,8,15H,6-7H2,1-3H3/t8-/m0/s1. The molecule has 3 heterocycles. The number of rotatable bonds is 0. The summed E-state index contributed by atoms with van der Waals surface area (Å²) in [5.74, 6) is 0. The average Bonchev–Trinajstić information content (AvgIpc) is 2.58. The van der Waals surface area contributed by atoms with Gasteiger partial charge < -0.3 is 4.98 Å². The van der Waals surface area contributed by atoms with Gasteiger partial charge in [-0.2, -0.15) is 0 Å².